The molecule has 2 rings (SSSR count). The van der Waals surface area contributed by atoms with Crippen molar-refractivity contribution in [3.8, 4) is 6.07 Å². The molecule has 7 heteroatoms. The van der Waals surface area contributed by atoms with Crippen LogP contribution in [0.2, 0.25) is 5.02 Å². The van der Waals surface area contributed by atoms with Crippen LogP contribution in [-0.2, 0) is 10.0 Å². The van der Waals surface area contributed by atoms with Crippen LogP contribution in [0.4, 0.5) is 0 Å². The molecule has 0 radical (unpaired) electrons. The van der Waals surface area contributed by atoms with Crippen LogP contribution in [-0.4, -0.2) is 13.4 Å². The Morgan fingerprint density at radius 1 is 1.39 bits per heavy atom. The molecule has 1 aromatic carbocycles. The molecule has 0 bridgehead atoms. The third-order valence-electron chi connectivity index (χ3n) is 3.44. The first-order chi connectivity index (χ1) is 10.9. The smallest absolute Gasteiger partial charge is 0.242 e. The van der Waals surface area contributed by atoms with Crippen LogP contribution >= 0.6 is 11.6 Å². The lowest BCUT2D eigenvalue weighted by Crippen LogP contribution is -2.29. The molecule has 0 spiro atoms. The summed E-state index contributed by atoms with van der Waals surface area (Å²) in [7, 11) is -3.82. The van der Waals surface area contributed by atoms with E-state index in [2.05, 4.69) is 9.71 Å². The van der Waals surface area contributed by atoms with Crippen LogP contribution in [0.1, 0.15) is 36.2 Å². The van der Waals surface area contributed by atoms with Crippen molar-refractivity contribution >= 4 is 21.6 Å². The van der Waals surface area contributed by atoms with Gasteiger partial charge in [0, 0.05) is 6.20 Å². The van der Waals surface area contributed by atoms with Gasteiger partial charge < -0.3 is 0 Å². The zero-order valence-electron chi connectivity index (χ0n) is 12.7. The van der Waals surface area contributed by atoms with Crippen molar-refractivity contribution in [2.45, 2.75) is 31.2 Å². The minimum atomic E-state index is -3.82. The first-order valence-electron chi connectivity index (χ1n) is 7.02. The van der Waals surface area contributed by atoms with E-state index in [9.17, 15) is 8.42 Å². The number of hydrogen-bond acceptors (Lipinski definition) is 4. The van der Waals surface area contributed by atoms with Gasteiger partial charge >= 0.3 is 0 Å². The normalized spacial score (nSPS) is 12.6. The van der Waals surface area contributed by atoms with E-state index in [4.69, 9.17) is 16.9 Å². The topological polar surface area (TPSA) is 82.9 Å². The van der Waals surface area contributed by atoms with Crippen LogP contribution in [0.3, 0.4) is 0 Å². The van der Waals surface area contributed by atoms with Gasteiger partial charge in [-0.05, 0) is 43.2 Å². The second-order valence-electron chi connectivity index (χ2n) is 5.04. The number of nitrogens with one attached hydrogen (secondary N) is 1. The monoisotopic (exact) mass is 349 g/mol. The third kappa shape index (κ3) is 3.88. The van der Waals surface area contributed by atoms with Crippen molar-refractivity contribution in [3.63, 3.8) is 0 Å². The Labute approximate surface area is 141 Å². The van der Waals surface area contributed by atoms with Gasteiger partial charge in [0.2, 0.25) is 10.0 Å². The second-order valence-corrected chi connectivity index (χ2v) is 7.13. The fourth-order valence-electron chi connectivity index (χ4n) is 2.23. The van der Waals surface area contributed by atoms with Crippen LogP contribution in [0.15, 0.2) is 41.4 Å². The van der Waals surface area contributed by atoms with Gasteiger partial charge in [-0.15, -0.1) is 0 Å². The van der Waals surface area contributed by atoms with Gasteiger partial charge in [0.1, 0.15) is 4.90 Å². The fraction of sp³-hybridized carbons (Fsp3) is 0.250. The highest BCUT2D eigenvalue weighted by Crippen LogP contribution is 2.26. The van der Waals surface area contributed by atoms with E-state index in [1.807, 2.05) is 26.0 Å². The maximum absolute atomic E-state index is 12.6. The van der Waals surface area contributed by atoms with Crippen molar-refractivity contribution in [1.82, 2.24) is 9.71 Å². The predicted octanol–water partition coefficient (Wildman–Crippen LogP) is 3.34. The maximum atomic E-state index is 12.6. The Morgan fingerprint density at radius 2 is 2.13 bits per heavy atom. The van der Waals surface area contributed by atoms with Gasteiger partial charge in [-0.3, -0.25) is 4.98 Å². The molecule has 0 fully saturated rings. The highest BCUT2D eigenvalue weighted by atomic mass is 35.5. The summed E-state index contributed by atoms with van der Waals surface area (Å²) in [5, 5.41) is 8.85. The number of halogens is 1. The average Bonchev–Trinajstić information content (AvgIpc) is 2.53. The molecule has 0 amide bonds. The van der Waals surface area contributed by atoms with E-state index in [-0.39, 0.29) is 9.92 Å². The van der Waals surface area contributed by atoms with Crippen LogP contribution in [0.25, 0.3) is 0 Å². The number of hydrogen-bond donors (Lipinski definition) is 1. The quantitative estimate of drug-likeness (QED) is 0.897. The van der Waals surface area contributed by atoms with Crippen molar-refractivity contribution in [2.75, 3.05) is 0 Å². The van der Waals surface area contributed by atoms with Gasteiger partial charge in [0.25, 0.3) is 0 Å². The van der Waals surface area contributed by atoms with Crippen molar-refractivity contribution in [1.29, 1.82) is 5.26 Å². The van der Waals surface area contributed by atoms with E-state index in [1.54, 1.807) is 12.3 Å². The van der Waals surface area contributed by atoms with Gasteiger partial charge in [-0.2, -0.15) is 5.26 Å². The zero-order chi connectivity index (χ0) is 17.0. The first kappa shape index (κ1) is 17.4. The molecule has 5 nitrogen and oxygen atoms in total. The molecule has 1 unspecified atom stereocenters. The number of nitrogens with zero attached hydrogens (tertiary/aromatic N) is 2. The van der Waals surface area contributed by atoms with Crippen molar-refractivity contribution in [2.24, 2.45) is 0 Å². The molecule has 2 aromatic rings. The molecule has 120 valence electrons. The van der Waals surface area contributed by atoms with E-state index < -0.39 is 16.1 Å². The lowest BCUT2D eigenvalue weighted by Gasteiger charge is -2.18. The average molecular weight is 350 g/mol. The number of benzene rings is 1. The highest BCUT2D eigenvalue weighted by molar-refractivity contribution is 7.89. The summed E-state index contributed by atoms with van der Waals surface area (Å²) in [5.41, 5.74) is 1.90. The summed E-state index contributed by atoms with van der Waals surface area (Å²) in [6, 6.07) is 9.25. The highest BCUT2D eigenvalue weighted by Gasteiger charge is 2.24. The SMILES string of the molecule is CCC(NS(=O)(=O)c1ccc(C#N)cc1Cl)c1ncccc1C. The minimum Gasteiger partial charge on any atom is -0.259 e. The largest absolute Gasteiger partial charge is 0.259 e. The lowest BCUT2D eigenvalue weighted by atomic mass is 10.1. The summed E-state index contributed by atoms with van der Waals surface area (Å²) in [6.45, 7) is 3.76. The first-order valence-corrected chi connectivity index (χ1v) is 8.88. The molecule has 1 atom stereocenters. The second kappa shape index (κ2) is 7.09. The standard InChI is InChI=1S/C16H16ClN3O2S/c1-3-14(16-11(2)5-4-8-19-16)20-23(21,22)15-7-6-12(10-18)9-13(15)17/h4-9,14,20H,3H2,1-2H3. The number of pyridine rings is 1. The number of sulfonamides is 1. The molecule has 1 N–H and O–H groups in total. The molecule has 23 heavy (non-hydrogen) atoms. The van der Waals surface area contributed by atoms with Gasteiger partial charge in [-0.1, -0.05) is 24.6 Å². The van der Waals surface area contributed by atoms with Gasteiger partial charge in [-0.25, -0.2) is 13.1 Å². The maximum Gasteiger partial charge on any atom is 0.242 e. The van der Waals surface area contributed by atoms with Crippen molar-refractivity contribution < 1.29 is 8.42 Å². The van der Waals surface area contributed by atoms with E-state index in [0.717, 1.165) is 5.56 Å². The summed E-state index contributed by atoms with van der Waals surface area (Å²) >= 11 is 6.01. The summed E-state index contributed by atoms with van der Waals surface area (Å²) in [6.07, 6.45) is 2.18. The number of aryl methyl sites for hydroxylation is 1. The third-order valence-corrected chi connectivity index (χ3v) is 5.39. The lowest BCUT2D eigenvalue weighted by molar-refractivity contribution is 0.543. The number of rotatable bonds is 5. The fourth-order valence-corrected chi connectivity index (χ4v) is 4.06. The Bertz CT molecular complexity index is 860. The Morgan fingerprint density at radius 3 is 2.70 bits per heavy atom. The van der Waals surface area contributed by atoms with Crippen molar-refractivity contribution in [3.05, 3.63) is 58.4 Å². The summed E-state index contributed by atoms with van der Waals surface area (Å²) < 4.78 is 27.8. The Hall–Kier alpha value is -1.94. The molecule has 0 aliphatic carbocycles. The molecular weight excluding hydrogens is 334 g/mol. The van der Waals surface area contributed by atoms with E-state index in [0.29, 0.717) is 17.7 Å². The Balaban J connectivity index is 2.37. The van der Waals surface area contributed by atoms with Crippen LogP contribution in [0, 0.1) is 18.3 Å². The molecule has 0 saturated carbocycles. The molecule has 1 aromatic heterocycles. The number of aromatic nitrogens is 1. The van der Waals surface area contributed by atoms with Crippen LogP contribution < -0.4 is 4.72 Å². The molecule has 0 aliphatic rings. The van der Waals surface area contributed by atoms with E-state index >= 15 is 0 Å². The molecule has 0 aliphatic heterocycles. The number of nitriles is 1. The minimum absolute atomic E-state index is 0.0177. The van der Waals surface area contributed by atoms with Crippen LogP contribution in [0.5, 0.6) is 0 Å². The predicted molar refractivity (Wildman–Crippen MR) is 88.5 cm³/mol. The summed E-state index contributed by atoms with van der Waals surface area (Å²) in [5.74, 6) is 0. The zero-order valence-corrected chi connectivity index (χ0v) is 14.3. The van der Waals surface area contributed by atoms with E-state index in [1.165, 1.54) is 18.2 Å². The Kier molecular flexibility index (Phi) is 5.37. The molecule has 0 saturated heterocycles. The van der Waals surface area contributed by atoms with Gasteiger partial charge in [0.05, 0.1) is 28.4 Å². The van der Waals surface area contributed by atoms with Gasteiger partial charge in [0.15, 0.2) is 0 Å². The molecular formula is C16H16ClN3O2S. The molecule has 1 heterocycles. The summed E-state index contributed by atoms with van der Waals surface area (Å²) in [4.78, 5) is 4.22.